The van der Waals surface area contributed by atoms with Crippen molar-refractivity contribution in [1.82, 2.24) is 5.32 Å². The Balaban J connectivity index is 2.48. The van der Waals surface area contributed by atoms with Crippen LogP contribution in [0.3, 0.4) is 0 Å². The van der Waals surface area contributed by atoms with Crippen LogP contribution in [0.5, 0.6) is 0 Å². The summed E-state index contributed by atoms with van der Waals surface area (Å²) in [5.41, 5.74) is 0.930. The third kappa shape index (κ3) is 4.25. The summed E-state index contributed by atoms with van der Waals surface area (Å²) >= 11 is 11.8. The van der Waals surface area contributed by atoms with Gasteiger partial charge in [-0.25, -0.2) is 0 Å². The fourth-order valence-electron chi connectivity index (χ4n) is 1.25. The summed E-state index contributed by atoms with van der Waals surface area (Å²) in [7, 11) is 0. The standard InChI is InChI=1S/C12H13Cl2NO/c1-2-7-15-12(16)6-4-9-3-5-10(13)8-11(9)14/h2-3,5,8H,1,4,6-7H2,(H,15,16). The number of aryl methyl sites for hydroxylation is 1. The number of rotatable bonds is 5. The van der Waals surface area contributed by atoms with Gasteiger partial charge in [0, 0.05) is 23.0 Å². The Kier molecular flexibility index (Phi) is 5.36. The van der Waals surface area contributed by atoms with Crippen molar-refractivity contribution in [1.29, 1.82) is 0 Å². The molecule has 0 aromatic heterocycles. The first-order chi connectivity index (χ1) is 7.63. The topological polar surface area (TPSA) is 29.1 Å². The highest BCUT2D eigenvalue weighted by atomic mass is 35.5. The third-order valence-corrected chi connectivity index (χ3v) is 2.67. The van der Waals surface area contributed by atoms with E-state index in [0.29, 0.717) is 29.4 Å². The van der Waals surface area contributed by atoms with Crippen molar-refractivity contribution in [3.63, 3.8) is 0 Å². The monoisotopic (exact) mass is 257 g/mol. The van der Waals surface area contributed by atoms with Crippen molar-refractivity contribution < 1.29 is 4.79 Å². The molecule has 0 radical (unpaired) electrons. The fourth-order valence-corrected chi connectivity index (χ4v) is 1.75. The van der Waals surface area contributed by atoms with E-state index in [1.165, 1.54) is 0 Å². The number of halogens is 2. The molecule has 1 amide bonds. The van der Waals surface area contributed by atoms with Crippen LogP contribution in [0.4, 0.5) is 0 Å². The average Bonchev–Trinajstić information content (AvgIpc) is 2.25. The Morgan fingerprint density at radius 1 is 1.44 bits per heavy atom. The van der Waals surface area contributed by atoms with Gasteiger partial charge in [0.15, 0.2) is 0 Å². The number of benzene rings is 1. The van der Waals surface area contributed by atoms with Crippen LogP contribution < -0.4 is 5.32 Å². The van der Waals surface area contributed by atoms with Gasteiger partial charge in [-0.05, 0) is 24.1 Å². The van der Waals surface area contributed by atoms with Gasteiger partial charge in [0.2, 0.25) is 5.91 Å². The number of nitrogens with one attached hydrogen (secondary N) is 1. The highest BCUT2D eigenvalue weighted by Crippen LogP contribution is 2.21. The van der Waals surface area contributed by atoms with Gasteiger partial charge in [0.25, 0.3) is 0 Å². The molecule has 0 aliphatic heterocycles. The highest BCUT2D eigenvalue weighted by Gasteiger charge is 2.04. The zero-order chi connectivity index (χ0) is 12.0. The Bertz CT molecular complexity index is 391. The van der Waals surface area contributed by atoms with Crippen molar-refractivity contribution in [2.45, 2.75) is 12.8 Å². The predicted molar refractivity (Wildman–Crippen MR) is 68.0 cm³/mol. The predicted octanol–water partition coefficient (Wildman–Crippen LogP) is 3.23. The van der Waals surface area contributed by atoms with Crippen LogP contribution >= 0.6 is 23.2 Å². The Morgan fingerprint density at radius 2 is 2.19 bits per heavy atom. The third-order valence-electron chi connectivity index (χ3n) is 2.08. The van der Waals surface area contributed by atoms with E-state index in [1.807, 2.05) is 6.07 Å². The van der Waals surface area contributed by atoms with Crippen LogP contribution in [-0.2, 0) is 11.2 Å². The quantitative estimate of drug-likeness (QED) is 0.807. The van der Waals surface area contributed by atoms with E-state index in [2.05, 4.69) is 11.9 Å². The lowest BCUT2D eigenvalue weighted by atomic mass is 10.1. The minimum absolute atomic E-state index is 0.00841. The van der Waals surface area contributed by atoms with Gasteiger partial charge >= 0.3 is 0 Å². The lowest BCUT2D eigenvalue weighted by Crippen LogP contribution is -2.23. The fraction of sp³-hybridized carbons (Fsp3) is 0.250. The van der Waals surface area contributed by atoms with E-state index in [1.54, 1.807) is 18.2 Å². The van der Waals surface area contributed by atoms with E-state index in [4.69, 9.17) is 23.2 Å². The lowest BCUT2D eigenvalue weighted by molar-refractivity contribution is -0.120. The Morgan fingerprint density at radius 3 is 2.81 bits per heavy atom. The minimum Gasteiger partial charge on any atom is -0.353 e. The van der Waals surface area contributed by atoms with E-state index in [0.717, 1.165) is 5.56 Å². The molecular weight excluding hydrogens is 245 g/mol. The summed E-state index contributed by atoms with van der Waals surface area (Å²) < 4.78 is 0. The first-order valence-electron chi connectivity index (χ1n) is 4.95. The largest absolute Gasteiger partial charge is 0.353 e. The summed E-state index contributed by atoms with van der Waals surface area (Å²) in [5, 5.41) is 3.91. The van der Waals surface area contributed by atoms with Gasteiger partial charge in [-0.2, -0.15) is 0 Å². The van der Waals surface area contributed by atoms with Gasteiger partial charge in [-0.3, -0.25) is 4.79 Å². The second-order valence-electron chi connectivity index (χ2n) is 3.33. The molecule has 1 aromatic carbocycles. The second-order valence-corrected chi connectivity index (χ2v) is 4.17. The van der Waals surface area contributed by atoms with Crippen LogP contribution in [0.25, 0.3) is 0 Å². The zero-order valence-corrected chi connectivity index (χ0v) is 10.3. The number of carbonyl (C=O) groups excluding carboxylic acids is 1. The van der Waals surface area contributed by atoms with Crippen LogP contribution in [0.1, 0.15) is 12.0 Å². The maximum Gasteiger partial charge on any atom is 0.220 e. The molecule has 0 saturated heterocycles. The van der Waals surface area contributed by atoms with Crippen molar-refractivity contribution in [3.8, 4) is 0 Å². The molecule has 0 atom stereocenters. The molecule has 0 aliphatic carbocycles. The molecule has 0 saturated carbocycles. The SMILES string of the molecule is C=CCNC(=O)CCc1ccc(Cl)cc1Cl. The molecule has 0 unspecified atom stereocenters. The van der Waals surface area contributed by atoms with Crippen molar-refractivity contribution in [3.05, 3.63) is 46.5 Å². The second kappa shape index (κ2) is 6.56. The summed E-state index contributed by atoms with van der Waals surface area (Å²) in [6.07, 6.45) is 2.67. The number of hydrogen-bond donors (Lipinski definition) is 1. The van der Waals surface area contributed by atoms with Crippen molar-refractivity contribution in [2.24, 2.45) is 0 Å². The molecule has 0 heterocycles. The van der Waals surface area contributed by atoms with Gasteiger partial charge in [-0.15, -0.1) is 6.58 Å². The summed E-state index contributed by atoms with van der Waals surface area (Å²) in [5.74, 6) is -0.00841. The van der Waals surface area contributed by atoms with Crippen molar-refractivity contribution in [2.75, 3.05) is 6.54 Å². The molecule has 16 heavy (non-hydrogen) atoms. The van der Waals surface area contributed by atoms with Crippen LogP contribution in [-0.4, -0.2) is 12.5 Å². The average molecular weight is 258 g/mol. The van der Waals surface area contributed by atoms with Crippen molar-refractivity contribution >= 4 is 29.1 Å². The molecule has 2 nitrogen and oxygen atoms in total. The molecule has 0 spiro atoms. The molecule has 1 N–H and O–H groups in total. The normalized spacial score (nSPS) is 9.88. The first-order valence-corrected chi connectivity index (χ1v) is 5.70. The summed E-state index contributed by atoms with van der Waals surface area (Å²) in [6.45, 7) is 4.02. The maximum atomic E-state index is 11.3. The Hall–Kier alpha value is -0.990. The Labute approximate surface area is 105 Å². The number of hydrogen-bond acceptors (Lipinski definition) is 1. The van der Waals surface area contributed by atoms with E-state index >= 15 is 0 Å². The first kappa shape index (κ1) is 13.1. The summed E-state index contributed by atoms with van der Waals surface area (Å²) in [4.78, 5) is 11.3. The zero-order valence-electron chi connectivity index (χ0n) is 8.80. The van der Waals surface area contributed by atoms with Gasteiger partial charge < -0.3 is 5.32 Å². The molecular formula is C12H13Cl2NO. The maximum absolute atomic E-state index is 11.3. The smallest absolute Gasteiger partial charge is 0.220 e. The molecule has 0 bridgehead atoms. The van der Waals surface area contributed by atoms with Gasteiger partial charge in [-0.1, -0.05) is 35.3 Å². The number of amides is 1. The van der Waals surface area contributed by atoms with E-state index < -0.39 is 0 Å². The minimum atomic E-state index is -0.00841. The summed E-state index contributed by atoms with van der Waals surface area (Å²) in [6, 6.07) is 5.29. The molecule has 4 heteroatoms. The van der Waals surface area contributed by atoms with Crippen LogP contribution in [0, 0.1) is 0 Å². The van der Waals surface area contributed by atoms with Gasteiger partial charge in [0.05, 0.1) is 0 Å². The lowest BCUT2D eigenvalue weighted by Gasteiger charge is -2.05. The van der Waals surface area contributed by atoms with E-state index in [9.17, 15) is 4.79 Å². The van der Waals surface area contributed by atoms with Gasteiger partial charge in [0.1, 0.15) is 0 Å². The molecule has 86 valence electrons. The highest BCUT2D eigenvalue weighted by molar-refractivity contribution is 6.35. The van der Waals surface area contributed by atoms with E-state index in [-0.39, 0.29) is 5.91 Å². The molecule has 0 fully saturated rings. The van der Waals surface area contributed by atoms with Crippen LogP contribution in [0.2, 0.25) is 10.0 Å². The molecule has 1 aromatic rings. The van der Waals surface area contributed by atoms with Crippen LogP contribution in [0.15, 0.2) is 30.9 Å². The number of carbonyl (C=O) groups is 1. The molecule has 0 aliphatic rings. The molecule has 1 rings (SSSR count).